The zero-order valence-electron chi connectivity index (χ0n) is 33.9. The van der Waals surface area contributed by atoms with Gasteiger partial charge >= 0.3 is 5.97 Å². The van der Waals surface area contributed by atoms with E-state index in [1.54, 1.807) is 6.92 Å². The van der Waals surface area contributed by atoms with Gasteiger partial charge < -0.3 is 29.2 Å². The third-order valence-electron chi connectivity index (χ3n) is 10.3. The van der Waals surface area contributed by atoms with Crippen LogP contribution in [0.2, 0.25) is 0 Å². The molecule has 0 amide bonds. The van der Waals surface area contributed by atoms with Crippen molar-refractivity contribution in [3.8, 4) is 22.6 Å². The van der Waals surface area contributed by atoms with Crippen LogP contribution < -0.4 is 9.47 Å². The van der Waals surface area contributed by atoms with Crippen LogP contribution in [0.25, 0.3) is 11.1 Å². The van der Waals surface area contributed by atoms with Gasteiger partial charge in [-0.05, 0) is 110 Å². The summed E-state index contributed by atoms with van der Waals surface area (Å²) >= 11 is 0. The highest BCUT2D eigenvalue weighted by Crippen LogP contribution is 2.42. The number of benzene rings is 3. The molecule has 0 atom stereocenters. The number of carbonyl (C=O) groups excluding carboxylic acids is 1. The molecule has 0 saturated carbocycles. The van der Waals surface area contributed by atoms with E-state index in [9.17, 15) is 15.0 Å². The molecule has 0 spiro atoms. The lowest BCUT2D eigenvalue weighted by Crippen LogP contribution is -2.42. The molecule has 0 radical (unpaired) electrons. The molecule has 0 saturated heterocycles. The van der Waals surface area contributed by atoms with Crippen molar-refractivity contribution in [2.75, 3.05) is 46.2 Å². The van der Waals surface area contributed by atoms with Crippen molar-refractivity contribution < 1.29 is 34.0 Å². The summed E-state index contributed by atoms with van der Waals surface area (Å²) in [5.41, 5.74) is 7.22. The van der Waals surface area contributed by atoms with Gasteiger partial charge in [0.05, 0.1) is 33.0 Å². The Morgan fingerprint density at radius 2 is 1.35 bits per heavy atom. The van der Waals surface area contributed by atoms with E-state index in [0.717, 1.165) is 58.6 Å². The van der Waals surface area contributed by atoms with Gasteiger partial charge in [-0.2, -0.15) is 0 Å². The zero-order chi connectivity index (χ0) is 39.6. The number of esters is 1. The van der Waals surface area contributed by atoms with Gasteiger partial charge in [-0.3, -0.25) is 0 Å². The lowest BCUT2D eigenvalue weighted by Gasteiger charge is -2.42. The highest BCUT2D eigenvalue weighted by Gasteiger charge is 2.40. The van der Waals surface area contributed by atoms with Crippen LogP contribution in [0, 0.1) is 10.8 Å². The van der Waals surface area contributed by atoms with E-state index in [4.69, 9.17) is 18.9 Å². The molecule has 0 fully saturated rings. The maximum Gasteiger partial charge on any atom is 0.333 e. The Morgan fingerprint density at radius 3 is 1.98 bits per heavy atom. The summed E-state index contributed by atoms with van der Waals surface area (Å²) in [6, 6.07) is 21.5. The molecule has 0 bridgehead atoms. The first-order valence-electron chi connectivity index (χ1n) is 19.7. The Labute approximate surface area is 325 Å². The Morgan fingerprint density at radius 1 is 0.704 bits per heavy atom. The number of hydrogen-bond donors (Lipinski definition) is 2. The third-order valence-corrected chi connectivity index (χ3v) is 10.3. The largest absolute Gasteiger partial charge is 0.493 e. The summed E-state index contributed by atoms with van der Waals surface area (Å²) in [6.07, 6.45) is 8.58. The SMILES string of the molecule is C=C(C)COCCc1cc(-c2ccc(CCc3ccc(CCCCC)cc3)cc2OCCOC(=O)C(=C)C)ccc1OCCCC(CO)(CO)C(C)(C)C. The molecule has 0 aliphatic rings. The van der Waals surface area contributed by atoms with Crippen LogP contribution in [-0.4, -0.2) is 62.4 Å². The molecule has 2 N–H and O–H groups in total. The van der Waals surface area contributed by atoms with E-state index < -0.39 is 11.4 Å². The van der Waals surface area contributed by atoms with Crippen molar-refractivity contribution in [2.45, 2.75) is 99.3 Å². The van der Waals surface area contributed by atoms with Crippen LogP contribution in [-0.2, 0) is 40.0 Å². The summed E-state index contributed by atoms with van der Waals surface area (Å²) in [5.74, 6) is 1.05. The number of rotatable bonds is 25. The van der Waals surface area contributed by atoms with Crippen molar-refractivity contribution >= 4 is 5.97 Å². The minimum atomic E-state index is -0.594. The van der Waals surface area contributed by atoms with E-state index in [0.29, 0.717) is 44.7 Å². The highest BCUT2D eigenvalue weighted by atomic mass is 16.6. The average Bonchev–Trinajstić information content (AvgIpc) is 3.14. The lowest BCUT2D eigenvalue weighted by atomic mass is 9.65. The van der Waals surface area contributed by atoms with Crippen LogP contribution >= 0.6 is 0 Å². The van der Waals surface area contributed by atoms with Gasteiger partial charge in [0, 0.05) is 16.6 Å². The Kier molecular flexibility index (Phi) is 18.5. The van der Waals surface area contributed by atoms with Crippen LogP contribution in [0.3, 0.4) is 0 Å². The quantitative estimate of drug-likeness (QED) is 0.0387. The molecule has 0 aliphatic heterocycles. The first kappa shape index (κ1) is 44.5. The molecule has 3 rings (SSSR count). The summed E-state index contributed by atoms with van der Waals surface area (Å²) in [6.45, 7) is 21.2. The fourth-order valence-electron chi connectivity index (χ4n) is 6.39. The number of aryl methyl sites for hydroxylation is 3. The first-order valence-corrected chi connectivity index (χ1v) is 19.7. The maximum atomic E-state index is 12.0. The van der Waals surface area contributed by atoms with Crippen LogP contribution in [0.1, 0.15) is 95.9 Å². The second-order valence-electron chi connectivity index (χ2n) is 15.7. The van der Waals surface area contributed by atoms with Crippen molar-refractivity contribution in [1.29, 1.82) is 0 Å². The third kappa shape index (κ3) is 14.1. The fraction of sp³-hybridized carbons (Fsp3) is 0.511. The molecule has 3 aromatic carbocycles. The van der Waals surface area contributed by atoms with Gasteiger partial charge in [0.15, 0.2) is 0 Å². The second-order valence-corrected chi connectivity index (χ2v) is 15.7. The number of hydrogen-bond acceptors (Lipinski definition) is 7. The maximum absolute atomic E-state index is 12.0. The minimum Gasteiger partial charge on any atom is -0.493 e. The number of unbranched alkanes of at least 4 members (excludes halogenated alkanes) is 2. The topological polar surface area (TPSA) is 94.5 Å². The monoisotopic (exact) mass is 742 g/mol. The number of ether oxygens (including phenoxy) is 4. The van der Waals surface area contributed by atoms with Gasteiger partial charge in [0.2, 0.25) is 0 Å². The molecular weight excluding hydrogens is 677 g/mol. The van der Waals surface area contributed by atoms with Gasteiger partial charge in [0.1, 0.15) is 24.7 Å². The minimum absolute atomic E-state index is 0.0845. The molecule has 3 aromatic rings. The fourth-order valence-corrected chi connectivity index (χ4v) is 6.39. The standard InChI is InChI=1S/C47H66O7/c1-9-10-11-13-37-14-16-38(17-15-37)18-19-39-20-22-42(44(30-39)53-28-29-54-45(50)36(4)5)40-21-23-43(41(31-40)24-27-51-32-35(2)3)52-26-12-25-47(33-48,34-49)46(6,7)8/h14-17,20-23,30-31,48-49H,2,4,9-13,18-19,24-29,32-34H2,1,3,5-8H3. The van der Waals surface area contributed by atoms with Gasteiger partial charge in [-0.15, -0.1) is 0 Å². The van der Waals surface area contributed by atoms with Gasteiger partial charge in [-0.1, -0.05) is 102 Å². The van der Waals surface area contributed by atoms with Crippen LogP contribution in [0.15, 0.2) is 85.0 Å². The predicted octanol–water partition coefficient (Wildman–Crippen LogP) is 9.68. The Bertz CT molecular complexity index is 1610. The van der Waals surface area contributed by atoms with E-state index in [1.807, 2.05) is 19.1 Å². The van der Waals surface area contributed by atoms with Gasteiger partial charge in [-0.25, -0.2) is 4.79 Å². The van der Waals surface area contributed by atoms with E-state index >= 15 is 0 Å². The Balaban J connectivity index is 1.85. The summed E-state index contributed by atoms with van der Waals surface area (Å²) in [7, 11) is 0. The highest BCUT2D eigenvalue weighted by molar-refractivity contribution is 5.86. The molecule has 0 aromatic heterocycles. The van der Waals surface area contributed by atoms with E-state index in [1.165, 1.54) is 30.4 Å². The summed E-state index contributed by atoms with van der Waals surface area (Å²) in [4.78, 5) is 12.0. The zero-order valence-corrected chi connectivity index (χ0v) is 33.9. The summed E-state index contributed by atoms with van der Waals surface area (Å²) < 4.78 is 23.9. The van der Waals surface area contributed by atoms with Crippen molar-refractivity contribution in [2.24, 2.45) is 10.8 Å². The lowest BCUT2D eigenvalue weighted by molar-refractivity contribution is -0.139. The van der Waals surface area contributed by atoms with Crippen molar-refractivity contribution in [3.63, 3.8) is 0 Å². The summed E-state index contributed by atoms with van der Waals surface area (Å²) in [5, 5.41) is 20.4. The molecule has 7 heteroatoms. The molecule has 0 heterocycles. The Hall–Kier alpha value is -3.91. The van der Waals surface area contributed by atoms with Crippen LogP contribution in [0.5, 0.6) is 11.5 Å². The van der Waals surface area contributed by atoms with Crippen molar-refractivity contribution in [1.82, 2.24) is 0 Å². The molecule has 54 heavy (non-hydrogen) atoms. The number of carbonyl (C=O) groups is 1. The molecule has 296 valence electrons. The van der Waals surface area contributed by atoms with E-state index in [2.05, 4.69) is 89.4 Å². The van der Waals surface area contributed by atoms with E-state index in [-0.39, 0.29) is 31.8 Å². The second kappa shape index (κ2) is 22.5. The van der Waals surface area contributed by atoms with Crippen molar-refractivity contribution in [3.05, 3.63) is 107 Å². The molecular formula is C47H66O7. The number of aliphatic hydroxyl groups is 2. The average molecular weight is 743 g/mol. The van der Waals surface area contributed by atoms with Gasteiger partial charge in [0.25, 0.3) is 0 Å². The molecule has 0 aliphatic carbocycles. The molecule has 0 unspecified atom stereocenters. The normalized spacial score (nSPS) is 11.7. The smallest absolute Gasteiger partial charge is 0.333 e. The van der Waals surface area contributed by atoms with Crippen LogP contribution in [0.4, 0.5) is 0 Å². The molecule has 7 nitrogen and oxygen atoms in total. The predicted molar refractivity (Wildman–Crippen MR) is 220 cm³/mol. The number of aliphatic hydroxyl groups excluding tert-OH is 2. The first-order chi connectivity index (χ1) is 25.8.